The predicted octanol–water partition coefficient (Wildman–Crippen LogP) is 7.13. The highest BCUT2D eigenvalue weighted by molar-refractivity contribution is 6.14. The van der Waals surface area contributed by atoms with Gasteiger partial charge in [0.05, 0.1) is 45.9 Å². The quantitative estimate of drug-likeness (QED) is 0.275. The number of nitrogens with zero attached hydrogens (tertiary/aromatic N) is 5. The summed E-state index contributed by atoms with van der Waals surface area (Å²) >= 11 is 0. The van der Waals surface area contributed by atoms with Crippen LogP contribution >= 0.6 is 0 Å². The third-order valence-electron chi connectivity index (χ3n) is 6.57. The number of benzene rings is 4. The van der Waals surface area contributed by atoms with Gasteiger partial charge in [0.2, 0.25) is 0 Å². The van der Waals surface area contributed by atoms with Crippen LogP contribution in [0.1, 0.15) is 16.7 Å². The maximum atomic E-state index is 9.92. The summed E-state index contributed by atoms with van der Waals surface area (Å²) in [5, 5.41) is 31.3. The molecule has 0 fully saturated rings. The van der Waals surface area contributed by atoms with Crippen LogP contribution in [-0.4, -0.2) is 9.55 Å². The molecule has 37 heavy (non-hydrogen) atoms. The van der Waals surface area contributed by atoms with E-state index in [4.69, 9.17) is 0 Å². The van der Waals surface area contributed by atoms with E-state index in [0.29, 0.717) is 16.7 Å². The summed E-state index contributed by atoms with van der Waals surface area (Å²) in [6, 6.07) is 35.8. The second-order valence-electron chi connectivity index (χ2n) is 8.65. The van der Waals surface area contributed by atoms with Crippen LogP contribution in [0.3, 0.4) is 0 Å². The van der Waals surface area contributed by atoms with E-state index >= 15 is 0 Å². The molecule has 0 atom stereocenters. The summed E-state index contributed by atoms with van der Waals surface area (Å²) in [5.41, 5.74) is 7.70. The molecule has 5 nitrogen and oxygen atoms in total. The second-order valence-corrected chi connectivity index (χ2v) is 8.65. The van der Waals surface area contributed by atoms with E-state index in [2.05, 4.69) is 52.0 Å². The summed E-state index contributed by atoms with van der Waals surface area (Å²) in [7, 11) is 0. The van der Waals surface area contributed by atoms with Crippen LogP contribution in [-0.2, 0) is 0 Å². The summed E-state index contributed by atoms with van der Waals surface area (Å²) in [5.74, 6) is 0. The largest absolute Gasteiger partial charge is 0.309 e. The SMILES string of the molecule is N#Cc1cc(-c2ccncc2)cc(-n2c3ccccc3c3cccc(-c4ccc(C#N)cc4C#N)c32)c1. The number of hydrogen-bond acceptors (Lipinski definition) is 4. The minimum atomic E-state index is 0.437. The van der Waals surface area contributed by atoms with E-state index in [1.807, 2.05) is 54.6 Å². The van der Waals surface area contributed by atoms with Crippen molar-refractivity contribution < 1.29 is 0 Å². The molecule has 0 unspecified atom stereocenters. The Morgan fingerprint density at radius 2 is 1.38 bits per heavy atom. The van der Waals surface area contributed by atoms with Crippen molar-refractivity contribution >= 4 is 21.8 Å². The molecular weight excluding hydrogens is 454 g/mol. The Morgan fingerprint density at radius 3 is 2.16 bits per heavy atom. The molecule has 0 bridgehead atoms. The van der Waals surface area contributed by atoms with Crippen LogP contribution in [0.2, 0.25) is 0 Å². The van der Waals surface area contributed by atoms with Crippen molar-refractivity contribution in [3.63, 3.8) is 0 Å². The highest BCUT2D eigenvalue weighted by atomic mass is 15.0. The number of fused-ring (bicyclic) bond motifs is 3. The molecule has 6 aromatic rings. The molecule has 0 aliphatic rings. The zero-order valence-corrected chi connectivity index (χ0v) is 19.6. The van der Waals surface area contributed by atoms with Crippen LogP contribution in [0, 0.1) is 34.0 Å². The van der Waals surface area contributed by atoms with Gasteiger partial charge in [-0.25, -0.2) is 0 Å². The van der Waals surface area contributed by atoms with Gasteiger partial charge in [0.1, 0.15) is 0 Å². The lowest BCUT2D eigenvalue weighted by molar-refractivity contribution is 1.18. The Morgan fingerprint density at radius 1 is 0.595 bits per heavy atom. The van der Waals surface area contributed by atoms with E-state index in [0.717, 1.165) is 49.7 Å². The van der Waals surface area contributed by atoms with Crippen molar-refractivity contribution in [3.8, 4) is 46.1 Å². The van der Waals surface area contributed by atoms with Crippen LogP contribution in [0.15, 0.2) is 103 Å². The number of rotatable bonds is 3. The molecule has 0 radical (unpaired) electrons. The first-order valence-electron chi connectivity index (χ1n) is 11.6. The van der Waals surface area contributed by atoms with Crippen molar-refractivity contribution in [3.05, 3.63) is 120 Å². The lowest BCUT2D eigenvalue weighted by atomic mass is 9.96. The molecule has 0 N–H and O–H groups in total. The Labute approximate surface area is 213 Å². The topological polar surface area (TPSA) is 89.2 Å². The van der Waals surface area contributed by atoms with Crippen LogP contribution in [0.4, 0.5) is 0 Å². The predicted molar refractivity (Wildman–Crippen MR) is 144 cm³/mol. The first kappa shape index (κ1) is 21.8. The maximum absolute atomic E-state index is 9.92. The summed E-state index contributed by atoms with van der Waals surface area (Å²) in [6.45, 7) is 0. The first-order valence-corrected chi connectivity index (χ1v) is 11.6. The van der Waals surface area contributed by atoms with E-state index in [9.17, 15) is 15.8 Å². The average Bonchev–Trinajstić information content (AvgIpc) is 3.31. The lowest BCUT2D eigenvalue weighted by Gasteiger charge is -2.14. The molecule has 0 aliphatic heterocycles. The van der Waals surface area contributed by atoms with E-state index in [-0.39, 0.29) is 0 Å². The van der Waals surface area contributed by atoms with Crippen molar-refractivity contribution in [1.82, 2.24) is 9.55 Å². The Hall–Kier alpha value is -5.70. The van der Waals surface area contributed by atoms with Crippen LogP contribution in [0.25, 0.3) is 49.7 Å². The van der Waals surface area contributed by atoms with Crippen molar-refractivity contribution in [2.45, 2.75) is 0 Å². The molecule has 5 heteroatoms. The zero-order valence-electron chi connectivity index (χ0n) is 19.6. The highest BCUT2D eigenvalue weighted by Gasteiger charge is 2.19. The summed E-state index contributed by atoms with van der Waals surface area (Å²) in [4.78, 5) is 4.12. The van der Waals surface area contributed by atoms with Gasteiger partial charge in [-0.3, -0.25) is 4.98 Å². The average molecular weight is 472 g/mol. The van der Waals surface area contributed by atoms with Gasteiger partial charge in [-0.15, -0.1) is 0 Å². The fourth-order valence-electron chi connectivity index (χ4n) is 4.96. The van der Waals surface area contributed by atoms with Crippen molar-refractivity contribution in [2.24, 2.45) is 0 Å². The fourth-order valence-corrected chi connectivity index (χ4v) is 4.96. The fraction of sp³-hybridized carbons (Fsp3) is 0. The molecule has 0 amide bonds. The van der Waals surface area contributed by atoms with E-state index < -0.39 is 0 Å². The van der Waals surface area contributed by atoms with Gasteiger partial charge in [0.25, 0.3) is 0 Å². The van der Waals surface area contributed by atoms with Gasteiger partial charge in [0.15, 0.2) is 0 Å². The normalized spacial score (nSPS) is 10.6. The van der Waals surface area contributed by atoms with Crippen molar-refractivity contribution in [1.29, 1.82) is 15.8 Å². The van der Waals surface area contributed by atoms with Crippen LogP contribution in [0.5, 0.6) is 0 Å². The molecule has 0 aliphatic carbocycles. The molecular formula is C32H17N5. The van der Waals surface area contributed by atoms with Gasteiger partial charge in [0, 0.05) is 40.0 Å². The Balaban J connectivity index is 1.74. The Bertz CT molecular complexity index is 1960. The van der Waals surface area contributed by atoms with Gasteiger partial charge >= 0.3 is 0 Å². The minimum absolute atomic E-state index is 0.437. The molecule has 2 heterocycles. The third kappa shape index (κ3) is 3.58. The molecule has 2 aromatic heterocycles. The van der Waals surface area contributed by atoms with E-state index in [1.165, 1.54) is 0 Å². The number of aromatic nitrogens is 2. The molecule has 0 saturated heterocycles. The van der Waals surface area contributed by atoms with Crippen LogP contribution < -0.4 is 0 Å². The highest BCUT2D eigenvalue weighted by Crippen LogP contribution is 2.40. The summed E-state index contributed by atoms with van der Waals surface area (Å²) in [6.07, 6.45) is 3.47. The number of para-hydroxylation sites is 2. The van der Waals surface area contributed by atoms with Gasteiger partial charge in [-0.1, -0.05) is 42.5 Å². The smallest absolute Gasteiger partial charge is 0.0998 e. The molecule has 0 saturated carbocycles. The lowest BCUT2D eigenvalue weighted by Crippen LogP contribution is -1.98. The molecule has 6 rings (SSSR count). The second kappa shape index (κ2) is 8.82. The first-order chi connectivity index (χ1) is 18.2. The maximum Gasteiger partial charge on any atom is 0.0998 e. The third-order valence-corrected chi connectivity index (χ3v) is 6.57. The van der Waals surface area contributed by atoms with Gasteiger partial charge < -0.3 is 4.57 Å². The van der Waals surface area contributed by atoms with Crippen molar-refractivity contribution in [2.75, 3.05) is 0 Å². The molecule has 170 valence electrons. The van der Waals surface area contributed by atoms with E-state index in [1.54, 1.807) is 24.5 Å². The number of hydrogen-bond donors (Lipinski definition) is 0. The number of nitriles is 3. The summed E-state index contributed by atoms with van der Waals surface area (Å²) < 4.78 is 2.16. The molecule has 0 spiro atoms. The number of pyridine rings is 1. The van der Waals surface area contributed by atoms with Gasteiger partial charge in [-0.2, -0.15) is 15.8 Å². The molecule has 4 aromatic carbocycles. The minimum Gasteiger partial charge on any atom is -0.309 e. The standard InChI is InChI=1S/C32H17N5/c33-18-21-8-9-27(25(14-21)20-35)29-5-3-6-30-28-4-1-2-7-31(28)37(32(29)30)26-16-22(19-34)15-24(17-26)23-10-12-36-13-11-23/h1-17H. The Kier molecular flexibility index (Phi) is 5.20. The zero-order chi connectivity index (χ0) is 25.4. The van der Waals surface area contributed by atoms with Gasteiger partial charge in [-0.05, 0) is 59.7 Å². The monoisotopic (exact) mass is 471 g/mol.